The van der Waals surface area contributed by atoms with Gasteiger partial charge in [-0.3, -0.25) is 4.79 Å². The Hall–Kier alpha value is -2.58. The number of benzene rings is 3. The van der Waals surface area contributed by atoms with Crippen LogP contribution < -0.4 is 4.72 Å². The monoisotopic (exact) mass is 509 g/mol. The lowest BCUT2D eigenvalue weighted by Crippen LogP contribution is -2.30. The number of sulfonamides is 1. The Balaban J connectivity index is 0.00000289. The van der Waals surface area contributed by atoms with E-state index in [1.54, 1.807) is 42.5 Å². The van der Waals surface area contributed by atoms with Crippen molar-refractivity contribution in [2.24, 2.45) is 0 Å². The molecule has 10 heteroatoms. The molecule has 0 aliphatic rings. The minimum absolute atomic E-state index is 0. The third kappa shape index (κ3) is 4.76. The van der Waals surface area contributed by atoms with Gasteiger partial charge in [-0.2, -0.15) is 0 Å². The number of para-hydroxylation sites is 1. The number of rotatable bonds is 5. The van der Waals surface area contributed by atoms with E-state index in [1.165, 1.54) is 12.1 Å². The van der Waals surface area contributed by atoms with Gasteiger partial charge in [0.05, 0.1) is 22.5 Å². The van der Waals surface area contributed by atoms with E-state index < -0.39 is 15.9 Å². The van der Waals surface area contributed by atoms with E-state index in [-0.39, 0.29) is 22.9 Å². The zero-order chi connectivity index (χ0) is 22.2. The van der Waals surface area contributed by atoms with Crippen LogP contribution >= 0.6 is 35.6 Å². The molecule has 6 nitrogen and oxygen atoms in total. The average molecular weight is 511 g/mol. The van der Waals surface area contributed by atoms with E-state index in [1.807, 2.05) is 23.6 Å². The Morgan fingerprint density at radius 3 is 2.44 bits per heavy atom. The molecule has 0 aliphatic carbocycles. The molecule has 1 heterocycles. The molecular formula is C22H18Cl3N3O3S. The number of carbonyl (C=O) groups excluding carboxylic acids is 1. The third-order valence-electron chi connectivity index (χ3n) is 4.84. The van der Waals surface area contributed by atoms with Crippen molar-refractivity contribution in [3.63, 3.8) is 0 Å². The number of nitrogens with zero attached hydrogens (tertiary/aromatic N) is 2. The molecular weight excluding hydrogens is 493 g/mol. The first-order valence-corrected chi connectivity index (χ1v) is 11.5. The summed E-state index contributed by atoms with van der Waals surface area (Å²) in [5.41, 5.74) is 2.11. The molecule has 0 aliphatic heterocycles. The first kappa shape index (κ1) is 24.1. The Labute approximate surface area is 201 Å². The van der Waals surface area contributed by atoms with Crippen molar-refractivity contribution >= 4 is 62.6 Å². The number of imidazole rings is 1. The van der Waals surface area contributed by atoms with Crippen LogP contribution in [0.3, 0.4) is 0 Å². The molecule has 0 fully saturated rings. The van der Waals surface area contributed by atoms with Gasteiger partial charge >= 0.3 is 0 Å². The van der Waals surface area contributed by atoms with Crippen LogP contribution in [0.25, 0.3) is 11.0 Å². The molecule has 32 heavy (non-hydrogen) atoms. The number of carbonyl (C=O) groups is 1. The van der Waals surface area contributed by atoms with Crippen LogP contribution in [0.1, 0.15) is 21.7 Å². The van der Waals surface area contributed by atoms with Crippen molar-refractivity contribution in [3.05, 3.63) is 93.7 Å². The quantitative estimate of drug-likeness (QED) is 0.398. The fourth-order valence-electron chi connectivity index (χ4n) is 3.30. The molecule has 1 amide bonds. The first-order chi connectivity index (χ1) is 14.8. The molecule has 0 saturated carbocycles. The Kier molecular flexibility index (Phi) is 7.15. The summed E-state index contributed by atoms with van der Waals surface area (Å²) < 4.78 is 29.1. The van der Waals surface area contributed by atoms with Crippen molar-refractivity contribution in [2.45, 2.75) is 18.4 Å². The smallest absolute Gasteiger partial charge is 0.267 e. The predicted octanol–water partition coefficient (Wildman–Crippen LogP) is 5.24. The van der Waals surface area contributed by atoms with Crippen molar-refractivity contribution in [2.75, 3.05) is 0 Å². The van der Waals surface area contributed by atoms with Gasteiger partial charge in [0.15, 0.2) is 0 Å². The molecule has 0 unspecified atom stereocenters. The largest absolute Gasteiger partial charge is 0.324 e. The first-order valence-electron chi connectivity index (χ1n) is 9.28. The summed E-state index contributed by atoms with van der Waals surface area (Å²) in [6, 6.07) is 18.0. The normalized spacial score (nSPS) is 11.2. The zero-order valence-corrected chi connectivity index (χ0v) is 19.9. The van der Waals surface area contributed by atoms with Gasteiger partial charge in [0.25, 0.3) is 15.9 Å². The van der Waals surface area contributed by atoms with Gasteiger partial charge in [-0.05, 0) is 48.9 Å². The maximum atomic E-state index is 12.8. The number of amides is 1. The molecule has 4 aromatic rings. The van der Waals surface area contributed by atoms with Gasteiger partial charge in [-0.25, -0.2) is 18.1 Å². The highest BCUT2D eigenvalue weighted by Gasteiger charge is 2.22. The van der Waals surface area contributed by atoms with E-state index >= 15 is 0 Å². The second kappa shape index (κ2) is 9.50. The molecule has 166 valence electrons. The molecule has 0 saturated heterocycles. The Morgan fingerprint density at radius 2 is 1.75 bits per heavy atom. The standard InChI is InChI=1S/C22H17Cl2N3O3S.ClH/c1-14-25-21-18(22(28)26-31(29,30)17-6-3-2-4-7-17)8-5-9-20(21)27(14)13-15-10-11-16(23)12-19(15)24;/h2-12H,13H2,1H3,(H,26,28);1H. The molecule has 1 aromatic heterocycles. The van der Waals surface area contributed by atoms with E-state index in [9.17, 15) is 13.2 Å². The molecule has 0 radical (unpaired) electrons. The second-order valence-corrected chi connectivity index (χ2v) is 9.43. The maximum Gasteiger partial charge on any atom is 0.267 e. The number of nitrogens with one attached hydrogen (secondary N) is 1. The summed E-state index contributed by atoms with van der Waals surface area (Å²) in [5.74, 6) is -0.0872. The van der Waals surface area contributed by atoms with Crippen LogP contribution in [-0.2, 0) is 16.6 Å². The lowest BCUT2D eigenvalue weighted by atomic mass is 10.1. The zero-order valence-electron chi connectivity index (χ0n) is 16.7. The second-order valence-electron chi connectivity index (χ2n) is 6.90. The average Bonchev–Trinajstić information content (AvgIpc) is 3.05. The number of fused-ring (bicyclic) bond motifs is 1. The SMILES string of the molecule is Cc1nc2c(C(=O)NS(=O)(=O)c3ccccc3)cccc2n1Cc1ccc(Cl)cc1Cl.Cl. The highest BCUT2D eigenvalue weighted by molar-refractivity contribution is 7.90. The van der Waals surface area contributed by atoms with E-state index in [4.69, 9.17) is 23.2 Å². The topological polar surface area (TPSA) is 81.1 Å². The fraction of sp³-hybridized carbons (Fsp3) is 0.0909. The lowest BCUT2D eigenvalue weighted by Gasteiger charge is -2.10. The van der Waals surface area contributed by atoms with Crippen LogP contribution in [0.5, 0.6) is 0 Å². The van der Waals surface area contributed by atoms with Gasteiger partial charge in [-0.1, -0.05) is 53.5 Å². The highest BCUT2D eigenvalue weighted by atomic mass is 35.5. The molecule has 0 atom stereocenters. The van der Waals surface area contributed by atoms with Gasteiger partial charge in [0.2, 0.25) is 0 Å². The summed E-state index contributed by atoms with van der Waals surface area (Å²) in [4.78, 5) is 17.4. The predicted molar refractivity (Wildman–Crippen MR) is 128 cm³/mol. The van der Waals surface area contributed by atoms with Crippen molar-refractivity contribution < 1.29 is 13.2 Å². The molecule has 3 aromatic carbocycles. The van der Waals surface area contributed by atoms with E-state index in [0.29, 0.717) is 33.4 Å². The van der Waals surface area contributed by atoms with Gasteiger partial charge in [-0.15, -0.1) is 12.4 Å². The van der Waals surface area contributed by atoms with Crippen LogP contribution in [0.2, 0.25) is 10.0 Å². The van der Waals surface area contributed by atoms with Crippen LogP contribution in [-0.4, -0.2) is 23.9 Å². The Morgan fingerprint density at radius 1 is 1.03 bits per heavy atom. The van der Waals surface area contributed by atoms with Gasteiger partial charge in [0.1, 0.15) is 11.3 Å². The summed E-state index contributed by atoms with van der Waals surface area (Å²) in [6.07, 6.45) is 0. The fourth-order valence-corrected chi connectivity index (χ4v) is 4.76. The number of hydrogen-bond acceptors (Lipinski definition) is 4. The van der Waals surface area contributed by atoms with Crippen molar-refractivity contribution in [3.8, 4) is 0 Å². The number of hydrogen-bond donors (Lipinski definition) is 1. The summed E-state index contributed by atoms with van der Waals surface area (Å²) in [6.45, 7) is 2.23. The van der Waals surface area contributed by atoms with Gasteiger partial charge < -0.3 is 4.57 Å². The van der Waals surface area contributed by atoms with Gasteiger partial charge in [0, 0.05) is 10.0 Å². The summed E-state index contributed by atoms with van der Waals surface area (Å²) >= 11 is 12.3. The lowest BCUT2D eigenvalue weighted by molar-refractivity contribution is 0.0983. The molecule has 4 rings (SSSR count). The van der Waals surface area contributed by atoms with Crippen molar-refractivity contribution in [1.82, 2.24) is 14.3 Å². The third-order valence-corrected chi connectivity index (χ3v) is 6.77. The van der Waals surface area contributed by atoms with Crippen molar-refractivity contribution in [1.29, 1.82) is 0 Å². The number of aromatic nitrogens is 2. The number of aryl methyl sites for hydroxylation is 1. The van der Waals surface area contributed by atoms with Crippen LogP contribution in [0.15, 0.2) is 71.6 Å². The molecule has 0 bridgehead atoms. The molecule has 0 spiro atoms. The minimum Gasteiger partial charge on any atom is -0.324 e. The Bertz CT molecular complexity index is 1400. The van der Waals surface area contributed by atoms with E-state index in [2.05, 4.69) is 9.71 Å². The van der Waals surface area contributed by atoms with Crippen LogP contribution in [0, 0.1) is 6.92 Å². The summed E-state index contributed by atoms with van der Waals surface area (Å²) in [7, 11) is -4.00. The maximum absolute atomic E-state index is 12.8. The highest BCUT2D eigenvalue weighted by Crippen LogP contribution is 2.26. The minimum atomic E-state index is -4.00. The van der Waals surface area contributed by atoms with Crippen LogP contribution in [0.4, 0.5) is 0 Å². The van der Waals surface area contributed by atoms with E-state index in [0.717, 1.165) is 5.56 Å². The summed E-state index contributed by atoms with van der Waals surface area (Å²) in [5, 5.41) is 1.07. The molecule has 1 N–H and O–H groups in total. The number of halogens is 3.